The van der Waals surface area contributed by atoms with Gasteiger partial charge >= 0.3 is 0 Å². The lowest BCUT2D eigenvalue weighted by atomic mass is 10.1. The molecule has 0 fully saturated rings. The summed E-state index contributed by atoms with van der Waals surface area (Å²) >= 11 is 0. The molecular formula is C23H26FN3O3. The number of hydrogen-bond donors (Lipinski definition) is 0. The van der Waals surface area contributed by atoms with E-state index in [0.717, 1.165) is 12.0 Å². The van der Waals surface area contributed by atoms with Crippen LogP contribution in [-0.4, -0.2) is 40.8 Å². The van der Waals surface area contributed by atoms with Crippen molar-refractivity contribution in [3.8, 4) is 22.9 Å². The van der Waals surface area contributed by atoms with E-state index in [1.807, 2.05) is 37.3 Å². The third-order valence-corrected chi connectivity index (χ3v) is 4.64. The van der Waals surface area contributed by atoms with Gasteiger partial charge in [-0.05, 0) is 18.6 Å². The summed E-state index contributed by atoms with van der Waals surface area (Å²) in [6.07, 6.45) is 0.792. The van der Waals surface area contributed by atoms with Crippen LogP contribution in [-0.2, 0) is 23.1 Å². The molecule has 0 aliphatic rings. The van der Waals surface area contributed by atoms with E-state index in [-0.39, 0.29) is 24.8 Å². The van der Waals surface area contributed by atoms with Crippen LogP contribution in [0.5, 0.6) is 11.6 Å². The molecule has 0 saturated carbocycles. The topological polar surface area (TPSA) is 56.6 Å². The molecule has 0 atom stereocenters. The van der Waals surface area contributed by atoms with E-state index in [0.29, 0.717) is 23.7 Å². The number of rotatable bonds is 9. The minimum Gasteiger partial charge on any atom is -0.436 e. The number of aryl methyl sites for hydroxylation is 1. The molecular weight excluding hydrogens is 385 g/mol. The maximum absolute atomic E-state index is 14.2. The highest BCUT2D eigenvalue weighted by atomic mass is 19.1. The highest BCUT2D eigenvalue weighted by Gasteiger charge is 2.24. The average molecular weight is 411 g/mol. The zero-order chi connectivity index (χ0) is 21.5. The summed E-state index contributed by atoms with van der Waals surface area (Å²) < 4.78 is 26.8. The van der Waals surface area contributed by atoms with Crippen LogP contribution in [0.1, 0.15) is 18.9 Å². The molecule has 0 aliphatic heterocycles. The SMILES string of the molecule is CCCN(Cc1c(-c2ccccc2)nn(C)c1Oc1ccccc1F)C(=O)COC. The standard InChI is InChI=1S/C23H26FN3O3/c1-4-14-27(21(28)16-29-3)15-18-22(17-10-6-5-7-11-17)25-26(2)23(18)30-20-13-9-8-12-19(20)24/h5-13H,4,14-16H2,1-3H3. The Morgan fingerprint density at radius 1 is 1.13 bits per heavy atom. The van der Waals surface area contributed by atoms with Gasteiger partial charge in [0.25, 0.3) is 0 Å². The van der Waals surface area contributed by atoms with Gasteiger partial charge in [-0.1, -0.05) is 49.4 Å². The largest absolute Gasteiger partial charge is 0.436 e. The molecule has 0 aliphatic carbocycles. The first-order chi connectivity index (χ1) is 14.5. The number of benzene rings is 2. The van der Waals surface area contributed by atoms with Crippen LogP contribution in [0, 0.1) is 5.82 Å². The number of hydrogen-bond acceptors (Lipinski definition) is 4. The number of methoxy groups -OCH3 is 1. The van der Waals surface area contributed by atoms with E-state index in [1.54, 1.807) is 34.8 Å². The molecule has 3 rings (SSSR count). The van der Waals surface area contributed by atoms with E-state index in [2.05, 4.69) is 5.10 Å². The Bertz CT molecular complexity index is 989. The molecule has 0 spiro atoms. The van der Waals surface area contributed by atoms with Crippen molar-refractivity contribution in [2.45, 2.75) is 19.9 Å². The van der Waals surface area contributed by atoms with E-state index in [9.17, 15) is 9.18 Å². The van der Waals surface area contributed by atoms with Gasteiger partial charge in [0.2, 0.25) is 11.8 Å². The van der Waals surface area contributed by atoms with Crippen LogP contribution in [0.4, 0.5) is 4.39 Å². The van der Waals surface area contributed by atoms with Gasteiger partial charge in [0.15, 0.2) is 11.6 Å². The van der Waals surface area contributed by atoms with Crippen LogP contribution >= 0.6 is 0 Å². The summed E-state index contributed by atoms with van der Waals surface area (Å²) in [7, 11) is 3.24. The van der Waals surface area contributed by atoms with Crippen molar-refractivity contribution in [3.05, 3.63) is 66.0 Å². The lowest BCUT2D eigenvalue weighted by Crippen LogP contribution is -2.34. The number of halogens is 1. The zero-order valence-electron chi connectivity index (χ0n) is 17.5. The van der Waals surface area contributed by atoms with Gasteiger partial charge in [-0.3, -0.25) is 4.79 Å². The van der Waals surface area contributed by atoms with Crippen molar-refractivity contribution in [2.75, 3.05) is 20.3 Å². The Hall–Kier alpha value is -3.19. The predicted octanol–water partition coefficient (Wildman–Crippen LogP) is 4.40. The molecule has 7 heteroatoms. The number of amides is 1. The number of carbonyl (C=O) groups excluding carboxylic acids is 1. The Morgan fingerprint density at radius 3 is 2.50 bits per heavy atom. The van der Waals surface area contributed by atoms with E-state index >= 15 is 0 Å². The van der Waals surface area contributed by atoms with Gasteiger partial charge < -0.3 is 14.4 Å². The molecule has 0 bridgehead atoms. The second-order valence-electron chi connectivity index (χ2n) is 6.90. The van der Waals surface area contributed by atoms with Crippen LogP contribution in [0.15, 0.2) is 54.6 Å². The zero-order valence-corrected chi connectivity index (χ0v) is 17.5. The second-order valence-corrected chi connectivity index (χ2v) is 6.90. The number of aromatic nitrogens is 2. The van der Waals surface area contributed by atoms with E-state index in [1.165, 1.54) is 13.2 Å². The molecule has 0 unspecified atom stereocenters. The average Bonchev–Trinajstić information content (AvgIpc) is 3.05. The smallest absolute Gasteiger partial charge is 0.248 e. The van der Waals surface area contributed by atoms with Crippen molar-refractivity contribution < 1.29 is 18.7 Å². The summed E-state index contributed by atoms with van der Waals surface area (Å²) in [4.78, 5) is 14.3. The molecule has 30 heavy (non-hydrogen) atoms. The predicted molar refractivity (Wildman–Crippen MR) is 113 cm³/mol. The molecule has 1 amide bonds. The molecule has 0 radical (unpaired) electrons. The molecule has 158 valence electrons. The molecule has 1 heterocycles. The molecule has 1 aromatic heterocycles. The second kappa shape index (κ2) is 10.0. The highest BCUT2D eigenvalue weighted by molar-refractivity contribution is 5.78. The fourth-order valence-corrected chi connectivity index (χ4v) is 3.25. The van der Waals surface area contributed by atoms with Gasteiger partial charge in [-0.15, -0.1) is 0 Å². The maximum atomic E-state index is 14.2. The Labute approximate surface area is 175 Å². The van der Waals surface area contributed by atoms with Gasteiger partial charge in [0.1, 0.15) is 12.3 Å². The summed E-state index contributed by atoms with van der Waals surface area (Å²) in [5.74, 6) is -0.0947. The quantitative estimate of drug-likeness (QED) is 0.524. The van der Waals surface area contributed by atoms with E-state index < -0.39 is 5.82 Å². The normalized spacial score (nSPS) is 10.8. The highest BCUT2D eigenvalue weighted by Crippen LogP contribution is 2.34. The molecule has 2 aromatic carbocycles. The maximum Gasteiger partial charge on any atom is 0.248 e. The minimum absolute atomic E-state index is 0.00949. The summed E-state index contributed by atoms with van der Waals surface area (Å²) in [6.45, 7) is 2.83. The fourth-order valence-electron chi connectivity index (χ4n) is 3.25. The first-order valence-electron chi connectivity index (χ1n) is 9.85. The summed E-state index contributed by atoms with van der Waals surface area (Å²) in [5.41, 5.74) is 2.29. The number of para-hydroxylation sites is 1. The van der Waals surface area contributed by atoms with Gasteiger partial charge in [0.05, 0.1) is 12.1 Å². The van der Waals surface area contributed by atoms with Gasteiger partial charge in [-0.25, -0.2) is 9.07 Å². The van der Waals surface area contributed by atoms with Gasteiger partial charge in [-0.2, -0.15) is 5.10 Å². The Morgan fingerprint density at radius 2 is 1.83 bits per heavy atom. The third kappa shape index (κ3) is 4.86. The van der Waals surface area contributed by atoms with Crippen LogP contribution in [0.25, 0.3) is 11.3 Å². The lowest BCUT2D eigenvalue weighted by Gasteiger charge is -2.22. The Balaban J connectivity index is 2.07. The number of ether oxygens (including phenoxy) is 2. The van der Waals surface area contributed by atoms with Crippen molar-refractivity contribution in [3.63, 3.8) is 0 Å². The molecule has 0 N–H and O–H groups in total. The van der Waals surface area contributed by atoms with Crippen LogP contribution < -0.4 is 4.74 Å². The summed E-state index contributed by atoms with van der Waals surface area (Å²) in [5, 5.41) is 4.63. The van der Waals surface area contributed by atoms with Crippen LogP contribution in [0.2, 0.25) is 0 Å². The van der Waals surface area contributed by atoms with E-state index in [4.69, 9.17) is 9.47 Å². The molecule has 6 nitrogen and oxygen atoms in total. The van der Waals surface area contributed by atoms with Gasteiger partial charge in [0, 0.05) is 26.3 Å². The number of carbonyl (C=O) groups is 1. The van der Waals surface area contributed by atoms with Crippen LogP contribution in [0.3, 0.4) is 0 Å². The fraction of sp³-hybridized carbons (Fsp3) is 0.304. The first-order valence-corrected chi connectivity index (χ1v) is 9.85. The number of nitrogens with zero attached hydrogens (tertiary/aromatic N) is 3. The first kappa shape index (κ1) is 21.5. The monoisotopic (exact) mass is 411 g/mol. The van der Waals surface area contributed by atoms with Crippen molar-refractivity contribution in [1.82, 2.24) is 14.7 Å². The van der Waals surface area contributed by atoms with Crippen molar-refractivity contribution in [2.24, 2.45) is 7.05 Å². The lowest BCUT2D eigenvalue weighted by molar-refractivity contribution is -0.135. The Kier molecular flexibility index (Phi) is 7.19. The third-order valence-electron chi connectivity index (χ3n) is 4.64. The molecule has 0 saturated heterocycles. The minimum atomic E-state index is -0.466. The summed E-state index contributed by atoms with van der Waals surface area (Å²) in [6, 6.07) is 15.9. The molecule has 3 aromatic rings. The van der Waals surface area contributed by atoms with Crippen molar-refractivity contribution >= 4 is 5.91 Å². The van der Waals surface area contributed by atoms with Crippen molar-refractivity contribution in [1.29, 1.82) is 0 Å².